The third-order valence-corrected chi connectivity index (χ3v) is 3.37. The predicted molar refractivity (Wildman–Crippen MR) is 74.1 cm³/mol. The van der Waals surface area contributed by atoms with Crippen LogP contribution in [0.3, 0.4) is 0 Å². The molecule has 0 aromatic carbocycles. The first-order valence-corrected chi connectivity index (χ1v) is 6.92. The Morgan fingerprint density at radius 1 is 1.58 bits per heavy atom. The molecule has 1 aromatic heterocycles. The minimum atomic E-state index is 0.00228. The van der Waals surface area contributed by atoms with Gasteiger partial charge in [-0.2, -0.15) is 5.10 Å². The summed E-state index contributed by atoms with van der Waals surface area (Å²) in [6, 6.07) is 1.89. The highest BCUT2D eigenvalue weighted by Gasteiger charge is 2.19. The highest BCUT2D eigenvalue weighted by Crippen LogP contribution is 2.22. The number of carbonyl (C=O) groups is 1. The molecule has 2 rings (SSSR count). The summed E-state index contributed by atoms with van der Waals surface area (Å²) in [5, 5.41) is 9.89. The van der Waals surface area contributed by atoms with Crippen LogP contribution in [0.2, 0.25) is 0 Å². The second-order valence-corrected chi connectivity index (χ2v) is 6.14. The van der Waals surface area contributed by atoms with Gasteiger partial charge in [-0.05, 0) is 19.3 Å². The lowest BCUT2D eigenvalue weighted by Crippen LogP contribution is -2.15. The van der Waals surface area contributed by atoms with Gasteiger partial charge < -0.3 is 10.1 Å². The third-order valence-electron chi connectivity index (χ3n) is 3.37. The molecule has 1 aliphatic heterocycles. The van der Waals surface area contributed by atoms with E-state index >= 15 is 0 Å². The lowest BCUT2D eigenvalue weighted by atomic mass is 9.92. The van der Waals surface area contributed by atoms with Crippen LogP contribution in [0.15, 0.2) is 6.07 Å². The van der Waals surface area contributed by atoms with Gasteiger partial charge in [0.05, 0.1) is 6.10 Å². The average molecular weight is 265 g/mol. The van der Waals surface area contributed by atoms with Crippen LogP contribution in [0.5, 0.6) is 0 Å². The number of carbonyl (C=O) groups excluding carboxylic acids is 1. The summed E-state index contributed by atoms with van der Waals surface area (Å²) in [5.41, 5.74) is 1.02. The average Bonchev–Trinajstić information content (AvgIpc) is 2.95. The standard InChI is InChI=1S/C14H23N3O2/c1-14(2,3)11-9-12(17-16-11)15-13(18)7-6-10-5-4-8-19-10/h9-10H,4-8H2,1-3H3,(H2,15,16,17,18)/t10-/m1/s1. The fraction of sp³-hybridized carbons (Fsp3) is 0.714. The molecular formula is C14H23N3O2. The Morgan fingerprint density at radius 3 is 2.95 bits per heavy atom. The minimum absolute atomic E-state index is 0.00228. The van der Waals surface area contributed by atoms with E-state index < -0.39 is 0 Å². The zero-order chi connectivity index (χ0) is 13.9. The van der Waals surface area contributed by atoms with Gasteiger partial charge in [-0.25, -0.2) is 0 Å². The summed E-state index contributed by atoms with van der Waals surface area (Å²) < 4.78 is 5.50. The van der Waals surface area contributed by atoms with Crippen molar-refractivity contribution in [3.05, 3.63) is 11.8 Å². The molecule has 0 bridgehead atoms. The molecule has 0 aliphatic carbocycles. The Morgan fingerprint density at radius 2 is 2.37 bits per heavy atom. The first kappa shape index (κ1) is 14.1. The fourth-order valence-electron chi connectivity index (χ4n) is 2.14. The molecule has 0 radical (unpaired) electrons. The van der Waals surface area contributed by atoms with E-state index in [1.807, 2.05) is 6.07 Å². The molecule has 0 saturated carbocycles. The number of nitrogens with one attached hydrogen (secondary N) is 2. The molecule has 106 valence electrons. The van der Waals surface area contributed by atoms with E-state index in [9.17, 15) is 4.79 Å². The number of aromatic nitrogens is 2. The summed E-state index contributed by atoms with van der Waals surface area (Å²) in [4.78, 5) is 11.8. The number of anilines is 1. The van der Waals surface area contributed by atoms with Crippen molar-refractivity contribution in [2.45, 2.75) is 58.0 Å². The molecular weight excluding hydrogens is 242 g/mol. The Kier molecular flexibility index (Phi) is 4.24. The lowest BCUT2D eigenvalue weighted by molar-refractivity contribution is -0.116. The van der Waals surface area contributed by atoms with Crippen molar-refractivity contribution in [3.63, 3.8) is 0 Å². The maximum Gasteiger partial charge on any atom is 0.225 e. The SMILES string of the molecule is CC(C)(C)c1cc(NC(=O)CC[C@H]2CCCO2)n[nH]1. The first-order chi connectivity index (χ1) is 8.95. The molecule has 2 heterocycles. The van der Waals surface area contributed by atoms with E-state index in [4.69, 9.17) is 4.74 Å². The summed E-state index contributed by atoms with van der Waals surface area (Å²) in [7, 11) is 0. The van der Waals surface area contributed by atoms with Gasteiger partial charge in [-0.15, -0.1) is 0 Å². The monoisotopic (exact) mass is 265 g/mol. The van der Waals surface area contributed by atoms with Crippen molar-refractivity contribution >= 4 is 11.7 Å². The second kappa shape index (κ2) is 5.74. The molecule has 0 spiro atoms. The molecule has 5 heteroatoms. The number of aromatic amines is 1. The zero-order valence-corrected chi connectivity index (χ0v) is 12.0. The van der Waals surface area contributed by atoms with E-state index in [-0.39, 0.29) is 17.4 Å². The molecule has 1 aliphatic rings. The van der Waals surface area contributed by atoms with Crippen molar-refractivity contribution in [2.75, 3.05) is 11.9 Å². The topological polar surface area (TPSA) is 67.0 Å². The van der Waals surface area contributed by atoms with E-state index in [2.05, 4.69) is 36.3 Å². The molecule has 1 amide bonds. The molecule has 19 heavy (non-hydrogen) atoms. The molecule has 5 nitrogen and oxygen atoms in total. The quantitative estimate of drug-likeness (QED) is 0.879. The molecule has 1 fully saturated rings. The van der Waals surface area contributed by atoms with Gasteiger partial charge in [0.2, 0.25) is 5.91 Å². The third kappa shape index (κ3) is 4.06. The number of ether oxygens (including phenoxy) is 1. The maximum atomic E-state index is 11.8. The number of rotatable bonds is 4. The number of hydrogen-bond acceptors (Lipinski definition) is 3. The summed E-state index contributed by atoms with van der Waals surface area (Å²) in [6.45, 7) is 7.14. The summed E-state index contributed by atoms with van der Waals surface area (Å²) >= 11 is 0. The smallest absolute Gasteiger partial charge is 0.225 e. The zero-order valence-electron chi connectivity index (χ0n) is 12.0. The van der Waals surface area contributed by atoms with E-state index in [0.29, 0.717) is 12.2 Å². The summed E-state index contributed by atoms with van der Waals surface area (Å²) in [6.07, 6.45) is 3.73. The van der Waals surface area contributed by atoms with Crippen LogP contribution in [0.1, 0.15) is 52.1 Å². The van der Waals surface area contributed by atoms with Crippen LogP contribution < -0.4 is 5.32 Å². The van der Waals surface area contributed by atoms with Crippen LogP contribution in [0.4, 0.5) is 5.82 Å². The summed E-state index contributed by atoms with van der Waals surface area (Å²) in [5.74, 6) is 0.602. The largest absolute Gasteiger partial charge is 0.378 e. The maximum absolute atomic E-state index is 11.8. The van der Waals surface area contributed by atoms with Crippen LogP contribution >= 0.6 is 0 Å². The number of amides is 1. The van der Waals surface area contributed by atoms with Crippen molar-refractivity contribution in [1.82, 2.24) is 10.2 Å². The van der Waals surface area contributed by atoms with Gasteiger partial charge in [-0.3, -0.25) is 9.89 Å². The Labute approximate surface area is 114 Å². The van der Waals surface area contributed by atoms with Crippen LogP contribution in [0, 0.1) is 0 Å². The minimum Gasteiger partial charge on any atom is -0.378 e. The number of nitrogens with zero attached hydrogens (tertiary/aromatic N) is 1. The van der Waals surface area contributed by atoms with Crippen molar-refractivity contribution in [3.8, 4) is 0 Å². The Hall–Kier alpha value is -1.36. The lowest BCUT2D eigenvalue weighted by Gasteiger charge is -2.14. The molecule has 1 aromatic rings. The predicted octanol–water partition coefficient (Wildman–Crippen LogP) is 2.60. The molecule has 0 unspecified atom stereocenters. The van der Waals surface area contributed by atoms with Crippen molar-refractivity contribution in [2.24, 2.45) is 0 Å². The van der Waals surface area contributed by atoms with Crippen molar-refractivity contribution < 1.29 is 9.53 Å². The van der Waals surface area contributed by atoms with Crippen LogP contribution in [-0.4, -0.2) is 28.8 Å². The van der Waals surface area contributed by atoms with Crippen molar-refractivity contribution in [1.29, 1.82) is 0 Å². The van der Waals surface area contributed by atoms with Crippen LogP contribution in [-0.2, 0) is 14.9 Å². The van der Waals surface area contributed by atoms with Gasteiger partial charge in [-0.1, -0.05) is 20.8 Å². The fourth-order valence-corrected chi connectivity index (χ4v) is 2.14. The van der Waals surface area contributed by atoms with Gasteiger partial charge in [0, 0.05) is 30.2 Å². The Balaban J connectivity index is 1.80. The van der Waals surface area contributed by atoms with Crippen LogP contribution in [0.25, 0.3) is 0 Å². The van der Waals surface area contributed by atoms with Gasteiger partial charge in [0.1, 0.15) is 0 Å². The highest BCUT2D eigenvalue weighted by atomic mass is 16.5. The highest BCUT2D eigenvalue weighted by molar-refractivity contribution is 5.89. The number of H-pyrrole nitrogens is 1. The van der Waals surface area contributed by atoms with Gasteiger partial charge in [0.25, 0.3) is 0 Å². The first-order valence-electron chi connectivity index (χ1n) is 6.92. The number of hydrogen-bond donors (Lipinski definition) is 2. The van der Waals surface area contributed by atoms with E-state index in [1.165, 1.54) is 0 Å². The molecule has 2 N–H and O–H groups in total. The van der Waals surface area contributed by atoms with Gasteiger partial charge in [0.15, 0.2) is 5.82 Å². The van der Waals surface area contributed by atoms with E-state index in [1.54, 1.807) is 0 Å². The second-order valence-electron chi connectivity index (χ2n) is 6.14. The van der Waals surface area contributed by atoms with Gasteiger partial charge >= 0.3 is 0 Å². The Bertz CT molecular complexity index is 428. The normalized spacial score (nSPS) is 19.6. The molecule has 1 saturated heterocycles. The molecule has 1 atom stereocenters. The van der Waals surface area contributed by atoms with E-state index in [0.717, 1.165) is 31.6 Å².